The summed E-state index contributed by atoms with van der Waals surface area (Å²) >= 11 is 1.79. The van der Waals surface area contributed by atoms with E-state index in [0.29, 0.717) is 28.3 Å². The number of benzene rings is 13. The Hall–Kier alpha value is -11.5. The molecule has 0 amide bonds. The van der Waals surface area contributed by atoms with Crippen molar-refractivity contribution in [3.8, 4) is 51.1 Å². The fraction of sp³-hybridized carbons (Fsp3) is 0. The van der Waals surface area contributed by atoms with Gasteiger partial charge in [0.1, 0.15) is 6.07 Å². The molecule has 18 rings (SSSR count). The summed E-state index contributed by atoms with van der Waals surface area (Å²) in [6, 6.07) is 98.3. The van der Waals surface area contributed by atoms with Gasteiger partial charge in [0.05, 0.1) is 83.7 Å². The van der Waals surface area contributed by atoms with E-state index in [2.05, 4.69) is 291 Å². The van der Waals surface area contributed by atoms with E-state index in [1.54, 1.807) is 11.3 Å². The van der Waals surface area contributed by atoms with Crippen LogP contribution in [-0.2, 0) is 0 Å². The molecule has 0 saturated heterocycles. The smallest absolute Gasteiger partial charge is 0.237 e. The Morgan fingerprint density at radius 2 is 0.800 bits per heavy atom. The summed E-state index contributed by atoms with van der Waals surface area (Å²) in [5, 5.41) is 25.8. The van der Waals surface area contributed by atoms with Crippen LogP contribution in [-0.4, -0.2) is 18.3 Å². The predicted molar refractivity (Wildman–Crippen MR) is 356 cm³/mol. The van der Waals surface area contributed by atoms with Gasteiger partial charge < -0.3 is 18.3 Å². The first kappa shape index (κ1) is 47.2. The Labute approximate surface area is 490 Å². The molecule has 0 spiro atoms. The average Bonchev–Trinajstić information content (AvgIpc) is 1.78. The Morgan fingerprint density at radius 3 is 1.35 bits per heavy atom. The highest BCUT2D eigenvalue weighted by atomic mass is 32.1. The lowest BCUT2D eigenvalue weighted by Crippen LogP contribution is -2.14. The zero-order valence-electron chi connectivity index (χ0n) is 45.5. The molecule has 5 aromatic heterocycles. The number of nitriles is 1. The molecular weight excluding hydrogens is 1050 g/mol. The van der Waals surface area contributed by atoms with Gasteiger partial charge >= 0.3 is 0 Å². The highest BCUT2D eigenvalue weighted by Gasteiger charge is 2.35. The lowest BCUT2D eigenvalue weighted by Gasteiger charge is -2.27. The lowest BCUT2D eigenvalue weighted by molar-refractivity contribution is 1.03. The second-order valence-electron chi connectivity index (χ2n) is 22.0. The zero-order chi connectivity index (χ0) is 56.0. The van der Waals surface area contributed by atoms with Crippen LogP contribution in [0.4, 0.5) is 5.69 Å². The summed E-state index contributed by atoms with van der Waals surface area (Å²) in [5.74, 6) is 0. The predicted octanol–water partition coefficient (Wildman–Crippen LogP) is 21.4. The number of rotatable bonds is 6. The van der Waals surface area contributed by atoms with Crippen molar-refractivity contribution in [2.75, 3.05) is 0 Å². The maximum atomic E-state index is 12.8. The maximum Gasteiger partial charge on any atom is 0.237 e. The van der Waals surface area contributed by atoms with Crippen LogP contribution in [0.5, 0.6) is 0 Å². The van der Waals surface area contributed by atoms with E-state index in [4.69, 9.17) is 4.85 Å². The third kappa shape index (κ3) is 6.50. The van der Waals surface area contributed by atoms with Crippen molar-refractivity contribution in [1.29, 1.82) is 5.26 Å². The first-order valence-electron chi connectivity index (χ1n) is 28.6. The molecule has 0 N–H and O–H groups in total. The number of aromatic nitrogens is 4. The molecule has 6 nitrogen and oxygen atoms in total. The van der Waals surface area contributed by atoms with Crippen molar-refractivity contribution in [3.63, 3.8) is 0 Å². The van der Waals surface area contributed by atoms with E-state index in [1.165, 1.54) is 15.5 Å². The van der Waals surface area contributed by atoms with Crippen molar-refractivity contribution in [2.24, 2.45) is 0 Å². The highest BCUT2D eigenvalue weighted by Crippen LogP contribution is 2.54. The van der Waals surface area contributed by atoms with E-state index in [1.807, 2.05) is 0 Å². The number of fused-ring (bicyclic) bond motifs is 17. The lowest BCUT2D eigenvalue weighted by atomic mass is 9.89. The topological polar surface area (TPSA) is 47.9 Å². The highest BCUT2D eigenvalue weighted by molar-refractivity contribution is 7.26. The molecule has 85 heavy (non-hydrogen) atoms. The van der Waals surface area contributed by atoms with E-state index in [-0.39, 0.29) is 0 Å². The van der Waals surface area contributed by atoms with E-state index >= 15 is 0 Å². The molecule has 0 aliphatic rings. The molecule has 0 aliphatic heterocycles. The normalized spacial score (nSPS) is 12.0. The number of para-hydroxylation sites is 6. The van der Waals surface area contributed by atoms with Crippen LogP contribution in [0.1, 0.15) is 5.56 Å². The quantitative estimate of drug-likeness (QED) is 0.153. The van der Waals surface area contributed by atoms with Gasteiger partial charge in [0.15, 0.2) is 0 Å². The summed E-state index contributed by atoms with van der Waals surface area (Å²) in [6.45, 7) is 9.95. The Kier molecular flexibility index (Phi) is 10.00. The van der Waals surface area contributed by atoms with Gasteiger partial charge in [0.2, 0.25) is 5.69 Å². The van der Waals surface area contributed by atoms with Crippen molar-refractivity contribution in [2.45, 2.75) is 0 Å². The summed E-state index contributed by atoms with van der Waals surface area (Å²) in [5.41, 5.74) is 15.4. The molecule has 7 heteroatoms. The fourth-order valence-corrected chi connectivity index (χ4v) is 15.6. The molecular formula is C78H44N6S. The third-order valence-electron chi connectivity index (χ3n) is 17.8. The molecule has 0 radical (unpaired) electrons. The van der Waals surface area contributed by atoms with Gasteiger partial charge in [-0.05, 0) is 87.6 Å². The summed E-state index contributed by atoms with van der Waals surface area (Å²) in [4.78, 5) is 4.85. The molecule has 18 aromatic rings. The van der Waals surface area contributed by atoms with Gasteiger partial charge in [0, 0.05) is 58.6 Å². The summed E-state index contributed by atoms with van der Waals surface area (Å²) < 4.78 is 11.6. The Morgan fingerprint density at radius 1 is 0.341 bits per heavy atom. The minimum absolute atomic E-state index is 0.354. The standard InChI is InChI=1S/C78H44N6S/c1-80-72-73(81-63-32-14-7-25-52(63)53-26-8-15-33-64(53)81)62(46-79)74(82-65-34-16-9-27-54(65)55-28-10-17-35-66(55)82)77(76(72)83-67-36-18-11-29-56(67)57-30-12-19-37-68(57)83)84-69-44-40-49(71-50-24-6-5-23-48(50)39-41-51(71)47-21-3-2-4-22-47)45-61(69)59-42-43-60-58-31-13-20-38-70(58)85-78(60)75(59)84/h2-45H. The van der Waals surface area contributed by atoms with Crippen LogP contribution >= 0.6 is 11.3 Å². The van der Waals surface area contributed by atoms with Crippen LogP contribution < -0.4 is 0 Å². The summed E-state index contributed by atoms with van der Waals surface area (Å²) in [6.07, 6.45) is 0. The minimum atomic E-state index is 0.354. The second-order valence-corrected chi connectivity index (χ2v) is 23.1. The molecule has 13 aromatic carbocycles. The van der Waals surface area contributed by atoms with Crippen LogP contribution in [0.25, 0.3) is 168 Å². The molecule has 0 fully saturated rings. The summed E-state index contributed by atoms with van der Waals surface area (Å²) in [7, 11) is 0. The van der Waals surface area contributed by atoms with Crippen molar-refractivity contribution >= 4 is 135 Å². The maximum absolute atomic E-state index is 12.8. The van der Waals surface area contributed by atoms with Crippen LogP contribution in [0.15, 0.2) is 267 Å². The van der Waals surface area contributed by atoms with Gasteiger partial charge in [0.25, 0.3) is 0 Å². The fourth-order valence-electron chi connectivity index (χ4n) is 14.4. The van der Waals surface area contributed by atoms with Crippen molar-refractivity contribution < 1.29 is 0 Å². The molecule has 0 aliphatic carbocycles. The SMILES string of the molecule is [C-]#[N+]c1c(-n2c3ccccc3c3ccccc32)c(C#N)c(-n2c3ccccc3c3ccccc32)c(-n2c3ccc(-c4c(-c5ccccc5)ccc5ccccc45)cc3c3ccc4c5ccccc5sc4c32)c1-n1c2ccccc2c2ccccc21. The van der Waals surface area contributed by atoms with E-state index < -0.39 is 0 Å². The first-order chi connectivity index (χ1) is 42.2. The minimum Gasteiger partial charge on any atom is -0.318 e. The molecule has 0 unspecified atom stereocenters. The largest absolute Gasteiger partial charge is 0.318 e. The van der Waals surface area contributed by atoms with Gasteiger partial charge in [-0.15, -0.1) is 11.3 Å². The van der Waals surface area contributed by atoms with Gasteiger partial charge in [-0.3, -0.25) is 0 Å². The van der Waals surface area contributed by atoms with Gasteiger partial charge in [-0.1, -0.05) is 212 Å². The first-order valence-corrected chi connectivity index (χ1v) is 29.4. The molecule has 0 saturated carbocycles. The second kappa shape index (κ2) is 18.0. The number of hydrogen-bond donors (Lipinski definition) is 0. The van der Waals surface area contributed by atoms with E-state index in [9.17, 15) is 11.8 Å². The van der Waals surface area contributed by atoms with Gasteiger partial charge in [-0.25, -0.2) is 4.85 Å². The Balaban J connectivity index is 1.13. The molecule has 0 bridgehead atoms. The van der Waals surface area contributed by atoms with E-state index in [0.717, 1.165) is 131 Å². The van der Waals surface area contributed by atoms with Crippen LogP contribution in [0.3, 0.4) is 0 Å². The molecule has 0 atom stereocenters. The average molecular weight is 1100 g/mol. The van der Waals surface area contributed by atoms with Crippen molar-refractivity contribution in [3.05, 3.63) is 284 Å². The zero-order valence-corrected chi connectivity index (χ0v) is 46.3. The molecule has 392 valence electrons. The van der Waals surface area contributed by atoms with Crippen molar-refractivity contribution in [1.82, 2.24) is 18.3 Å². The number of thiophene rings is 1. The van der Waals surface area contributed by atoms with Gasteiger partial charge in [-0.2, -0.15) is 5.26 Å². The third-order valence-corrected chi connectivity index (χ3v) is 19.0. The van der Waals surface area contributed by atoms with Crippen LogP contribution in [0, 0.1) is 17.9 Å². The number of nitrogens with zero attached hydrogens (tertiary/aromatic N) is 6. The van der Waals surface area contributed by atoms with Crippen LogP contribution in [0.2, 0.25) is 0 Å². The Bertz CT molecular complexity index is 5700. The monoisotopic (exact) mass is 1100 g/mol. The molecule has 5 heterocycles. The number of hydrogen-bond acceptors (Lipinski definition) is 2.